The lowest BCUT2D eigenvalue weighted by atomic mass is 9.78. The molecule has 3 aliphatic rings. The van der Waals surface area contributed by atoms with Gasteiger partial charge in [-0.05, 0) is 66.6 Å². The molecule has 0 N–H and O–H groups in total. The number of likely N-dealkylation sites (tertiary alicyclic amines) is 1. The van der Waals surface area contributed by atoms with Crippen LogP contribution in [-0.4, -0.2) is 84.4 Å². The number of benzene rings is 2. The average molecular weight is 597 g/mol. The number of piperazine rings is 1. The minimum atomic E-state index is -2.85. The van der Waals surface area contributed by atoms with Gasteiger partial charge in [-0.2, -0.15) is 0 Å². The highest BCUT2D eigenvalue weighted by Crippen LogP contribution is 2.44. The molecular weight excluding hydrogens is 562 g/mol. The van der Waals surface area contributed by atoms with Gasteiger partial charge in [0, 0.05) is 79.7 Å². The lowest BCUT2D eigenvalue weighted by molar-refractivity contribution is -0.136. The molecule has 5 rings (SSSR count). The van der Waals surface area contributed by atoms with Gasteiger partial charge in [0.15, 0.2) is 0 Å². The smallest absolute Gasteiger partial charge is 0.253 e. The molecule has 2 aromatic rings. The van der Waals surface area contributed by atoms with E-state index < -0.39 is 18.5 Å². The third kappa shape index (κ3) is 6.29. The monoisotopic (exact) mass is 595 g/mol. The second kappa shape index (κ2) is 12.3. The summed E-state index contributed by atoms with van der Waals surface area (Å²) >= 11 is 13.2. The zero-order chi connectivity index (χ0) is 28.4. The zero-order valence-corrected chi connectivity index (χ0v) is 23.9. The molecule has 2 amide bonds. The molecule has 2 heterocycles. The predicted octanol–water partition coefficient (Wildman–Crippen LogP) is 6.36. The minimum absolute atomic E-state index is 0.0372. The van der Waals surface area contributed by atoms with E-state index in [1.807, 2.05) is 17.0 Å². The van der Waals surface area contributed by atoms with Crippen molar-refractivity contribution >= 4 is 35.0 Å². The van der Waals surface area contributed by atoms with Crippen LogP contribution >= 0.6 is 23.2 Å². The van der Waals surface area contributed by atoms with E-state index >= 15 is 0 Å². The lowest BCUT2D eigenvalue weighted by Crippen LogP contribution is -2.49. The average Bonchev–Trinajstić information content (AvgIpc) is 3.37. The molecule has 2 aromatic carbocycles. The first-order valence-corrected chi connectivity index (χ1v) is 14.7. The van der Waals surface area contributed by atoms with Crippen molar-refractivity contribution in [2.24, 2.45) is 5.92 Å². The second-order valence-electron chi connectivity index (χ2n) is 11.1. The first kappa shape index (κ1) is 29.2. The highest BCUT2D eigenvalue weighted by molar-refractivity contribution is 6.36. The maximum atomic E-state index is 15.0. The van der Waals surface area contributed by atoms with Crippen molar-refractivity contribution in [1.29, 1.82) is 0 Å². The second-order valence-corrected chi connectivity index (χ2v) is 11.9. The Morgan fingerprint density at radius 1 is 0.975 bits per heavy atom. The Hall–Kier alpha value is -2.29. The molecule has 2 saturated heterocycles. The summed E-state index contributed by atoms with van der Waals surface area (Å²) in [6.07, 6.45) is 1.60. The summed E-state index contributed by atoms with van der Waals surface area (Å²) in [7, 11) is 0. The molecule has 0 spiro atoms. The van der Waals surface area contributed by atoms with Crippen molar-refractivity contribution in [3.63, 3.8) is 0 Å². The number of rotatable bonds is 7. The van der Waals surface area contributed by atoms with Gasteiger partial charge >= 0.3 is 0 Å². The number of amides is 2. The van der Waals surface area contributed by atoms with Crippen molar-refractivity contribution in [3.05, 3.63) is 57.6 Å². The van der Waals surface area contributed by atoms with E-state index in [0.29, 0.717) is 73.3 Å². The molecule has 0 aromatic heterocycles. The van der Waals surface area contributed by atoms with E-state index in [-0.39, 0.29) is 37.1 Å². The summed E-state index contributed by atoms with van der Waals surface area (Å²) in [5.74, 6) is -3.82. The van der Waals surface area contributed by atoms with E-state index in [9.17, 15) is 22.8 Å². The molecule has 216 valence electrons. The van der Waals surface area contributed by atoms with Crippen LogP contribution in [0.3, 0.4) is 0 Å². The van der Waals surface area contributed by atoms with Gasteiger partial charge in [-0.15, -0.1) is 0 Å². The third-order valence-corrected chi connectivity index (χ3v) is 9.31. The molecule has 3 fully saturated rings. The first-order chi connectivity index (χ1) is 19.2. The van der Waals surface area contributed by atoms with Gasteiger partial charge < -0.3 is 9.80 Å². The number of hydrogen-bond acceptors (Lipinski definition) is 3. The zero-order valence-electron chi connectivity index (χ0n) is 22.4. The van der Waals surface area contributed by atoms with Gasteiger partial charge in [-0.1, -0.05) is 35.3 Å². The van der Waals surface area contributed by atoms with Crippen LogP contribution in [-0.2, 0) is 11.2 Å². The van der Waals surface area contributed by atoms with Crippen LogP contribution in [0.1, 0.15) is 48.0 Å². The van der Waals surface area contributed by atoms with Crippen LogP contribution in [0.15, 0.2) is 36.4 Å². The standard InChI is InChI=1S/C30H34Cl2F3N3O2/c31-26-16-22(20-3-5-21(6-4-20)29(40)37-14-12-36(11-9-33)13-15-37)17-27(32)25(26)19-23-18-24(7-8-30(23,34)35)38-10-1-2-28(38)39/h3-6,16-17,23-24H,1-2,7-15,18-19H2/t23-,24?/m1/s1. The van der Waals surface area contributed by atoms with E-state index in [1.165, 1.54) is 0 Å². The number of hydrogen-bond donors (Lipinski definition) is 0. The van der Waals surface area contributed by atoms with Crippen molar-refractivity contribution in [2.75, 3.05) is 45.9 Å². The summed E-state index contributed by atoms with van der Waals surface area (Å²) in [5, 5.41) is 0.646. The highest BCUT2D eigenvalue weighted by Gasteiger charge is 2.47. The number of carbonyl (C=O) groups is 2. The van der Waals surface area contributed by atoms with E-state index in [2.05, 4.69) is 0 Å². The summed E-state index contributed by atoms with van der Waals surface area (Å²) < 4.78 is 42.5. The normalized spacial score (nSPS) is 23.6. The molecule has 0 bridgehead atoms. The van der Waals surface area contributed by atoms with Crippen LogP contribution < -0.4 is 0 Å². The fourth-order valence-electron chi connectivity index (χ4n) is 6.25. The van der Waals surface area contributed by atoms with Gasteiger partial charge in [0.2, 0.25) is 5.91 Å². The summed E-state index contributed by atoms with van der Waals surface area (Å²) in [5.41, 5.74) is 2.58. The molecule has 1 unspecified atom stereocenters. The molecule has 1 aliphatic carbocycles. The van der Waals surface area contributed by atoms with Crippen LogP contribution in [0.4, 0.5) is 13.2 Å². The number of carbonyl (C=O) groups excluding carboxylic acids is 2. The van der Waals surface area contributed by atoms with E-state index in [0.717, 1.165) is 17.5 Å². The summed E-state index contributed by atoms with van der Waals surface area (Å²) in [4.78, 5) is 30.7. The number of nitrogens with zero attached hydrogens (tertiary/aromatic N) is 3. The molecule has 2 aliphatic heterocycles. The van der Waals surface area contributed by atoms with Gasteiger partial charge in [0.1, 0.15) is 6.67 Å². The van der Waals surface area contributed by atoms with Crippen LogP contribution in [0.5, 0.6) is 0 Å². The van der Waals surface area contributed by atoms with Crippen molar-refractivity contribution in [2.45, 2.75) is 50.5 Å². The van der Waals surface area contributed by atoms with Crippen molar-refractivity contribution in [3.8, 4) is 11.1 Å². The Kier molecular flexibility index (Phi) is 8.98. The molecular formula is C30H34Cl2F3N3O2. The molecule has 2 atom stereocenters. The van der Waals surface area contributed by atoms with E-state index in [4.69, 9.17) is 23.2 Å². The Bertz CT molecular complexity index is 1210. The first-order valence-electron chi connectivity index (χ1n) is 14.0. The largest absolute Gasteiger partial charge is 0.340 e. The SMILES string of the molecule is O=C(c1ccc(-c2cc(Cl)c(C[C@H]3CC(N4CCCC4=O)CCC3(F)F)c(Cl)c2)cc1)N1CCN(CCF)CC1. The predicted molar refractivity (Wildman–Crippen MR) is 151 cm³/mol. The number of halogens is 5. The molecule has 1 saturated carbocycles. The quantitative estimate of drug-likeness (QED) is 0.374. The van der Waals surface area contributed by atoms with Crippen molar-refractivity contribution in [1.82, 2.24) is 14.7 Å². The minimum Gasteiger partial charge on any atom is -0.340 e. The Labute approximate surface area is 243 Å². The van der Waals surface area contributed by atoms with Gasteiger partial charge in [-0.25, -0.2) is 13.2 Å². The molecule has 0 radical (unpaired) electrons. The maximum Gasteiger partial charge on any atom is 0.253 e. The molecule has 10 heteroatoms. The fraction of sp³-hybridized carbons (Fsp3) is 0.533. The van der Waals surface area contributed by atoms with Gasteiger partial charge in [0.25, 0.3) is 11.8 Å². The topological polar surface area (TPSA) is 43.9 Å². The van der Waals surface area contributed by atoms with Crippen LogP contribution in [0.25, 0.3) is 11.1 Å². The Morgan fingerprint density at radius 3 is 2.25 bits per heavy atom. The highest BCUT2D eigenvalue weighted by atomic mass is 35.5. The number of alkyl halides is 3. The Morgan fingerprint density at radius 2 is 1.65 bits per heavy atom. The lowest BCUT2D eigenvalue weighted by Gasteiger charge is -2.40. The van der Waals surface area contributed by atoms with Crippen LogP contribution in [0.2, 0.25) is 10.0 Å². The van der Waals surface area contributed by atoms with E-state index in [1.54, 1.807) is 34.1 Å². The Balaban J connectivity index is 1.27. The van der Waals surface area contributed by atoms with Crippen LogP contribution in [0, 0.1) is 5.92 Å². The van der Waals surface area contributed by atoms with Crippen molar-refractivity contribution < 1.29 is 22.8 Å². The maximum absolute atomic E-state index is 15.0. The molecule has 5 nitrogen and oxygen atoms in total. The molecule has 40 heavy (non-hydrogen) atoms. The van der Waals surface area contributed by atoms with Gasteiger partial charge in [-0.3, -0.25) is 14.5 Å². The summed E-state index contributed by atoms with van der Waals surface area (Å²) in [6.45, 7) is 3.06. The summed E-state index contributed by atoms with van der Waals surface area (Å²) in [6, 6.07) is 10.4. The fourth-order valence-corrected chi connectivity index (χ4v) is 6.89. The van der Waals surface area contributed by atoms with Gasteiger partial charge in [0.05, 0.1) is 0 Å². The third-order valence-electron chi connectivity index (χ3n) is 8.63.